The highest BCUT2D eigenvalue weighted by molar-refractivity contribution is 5.83. The molecule has 2 N–H and O–H groups in total. The molecule has 0 saturated carbocycles. The summed E-state index contributed by atoms with van der Waals surface area (Å²) in [6.45, 7) is 8.90. The van der Waals surface area contributed by atoms with Crippen molar-refractivity contribution in [2.45, 2.75) is 52.7 Å². The van der Waals surface area contributed by atoms with Crippen LogP contribution in [0.3, 0.4) is 0 Å². The number of urea groups is 1. The molecule has 0 aromatic carbocycles. The molecule has 6 nitrogen and oxygen atoms in total. The third-order valence-electron chi connectivity index (χ3n) is 3.01. The molecule has 2 atom stereocenters. The average molecular weight is 288 g/mol. The standard InChI is InChI=1S/C14H28N2O4/c1-6-11(4)12(13(17)19-5)16-14(18)15-8-7-9-20-10(2)3/h10-12H,6-9H2,1-5H3,(H2,15,16,18)/t11-,12+/m1/s1. The van der Waals surface area contributed by atoms with E-state index in [1.54, 1.807) is 0 Å². The molecule has 0 radical (unpaired) electrons. The second-order valence-corrected chi connectivity index (χ2v) is 5.06. The lowest BCUT2D eigenvalue weighted by Gasteiger charge is -2.22. The Kier molecular flexibility index (Phi) is 9.80. The largest absolute Gasteiger partial charge is 0.467 e. The van der Waals surface area contributed by atoms with Gasteiger partial charge in [0.05, 0.1) is 13.2 Å². The summed E-state index contributed by atoms with van der Waals surface area (Å²) in [6, 6.07) is -0.970. The minimum absolute atomic E-state index is 0.0254. The molecule has 0 unspecified atom stereocenters. The Morgan fingerprint density at radius 2 is 1.85 bits per heavy atom. The molecular weight excluding hydrogens is 260 g/mol. The summed E-state index contributed by atoms with van der Waals surface area (Å²) in [5.41, 5.74) is 0. The molecule has 0 aliphatic heterocycles. The maximum Gasteiger partial charge on any atom is 0.328 e. The van der Waals surface area contributed by atoms with Gasteiger partial charge in [-0.15, -0.1) is 0 Å². The van der Waals surface area contributed by atoms with Gasteiger partial charge in [-0.25, -0.2) is 9.59 Å². The van der Waals surface area contributed by atoms with E-state index >= 15 is 0 Å². The van der Waals surface area contributed by atoms with Crippen LogP contribution in [0.1, 0.15) is 40.5 Å². The highest BCUT2D eigenvalue weighted by Crippen LogP contribution is 2.08. The van der Waals surface area contributed by atoms with Crippen LogP contribution in [0.5, 0.6) is 0 Å². The van der Waals surface area contributed by atoms with Crippen molar-refractivity contribution < 1.29 is 19.1 Å². The lowest BCUT2D eigenvalue weighted by atomic mass is 9.99. The summed E-state index contributed by atoms with van der Waals surface area (Å²) in [4.78, 5) is 23.3. The summed E-state index contributed by atoms with van der Waals surface area (Å²) in [7, 11) is 1.32. The van der Waals surface area contributed by atoms with E-state index in [2.05, 4.69) is 10.6 Å². The Bertz CT molecular complexity index is 295. The zero-order valence-electron chi connectivity index (χ0n) is 13.2. The fraction of sp³-hybridized carbons (Fsp3) is 0.857. The molecule has 0 aliphatic carbocycles. The molecule has 2 amide bonds. The number of esters is 1. The van der Waals surface area contributed by atoms with Crippen molar-refractivity contribution in [3.8, 4) is 0 Å². The van der Waals surface area contributed by atoms with Gasteiger partial charge >= 0.3 is 12.0 Å². The van der Waals surface area contributed by atoms with Gasteiger partial charge in [0, 0.05) is 13.2 Å². The number of ether oxygens (including phenoxy) is 2. The molecule has 0 aliphatic rings. The van der Waals surface area contributed by atoms with Crippen LogP contribution >= 0.6 is 0 Å². The van der Waals surface area contributed by atoms with Crippen molar-refractivity contribution in [3.63, 3.8) is 0 Å². The lowest BCUT2D eigenvalue weighted by molar-refractivity contribution is -0.144. The van der Waals surface area contributed by atoms with E-state index in [0.717, 1.165) is 12.8 Å². The van der Waals surface area contributed by atoms with Crippen LogP contribution in [0, 0.1) is 5.92 Å². The fourth-order valence-corrected chi connectivity index (χ4v) is 1.58. The van der Waals surface area contributed by atoms with Gasteiger partial charge in [-0.2, -0.15) is 0 Å². The number of hydrogen-bond acceptors (Lipinski definition) is 4. The van der Waals surface area contributed by atoms with Crippen LogP contribution in [-0.4, -0.2) is 44.4 Å². The lowest BCUT2D eigenvalue weighted by Crippen LogP contribution is -2.49. The van der Waals surface area contributed by atoms with Gasteiger partial charge in [-0.05, 0) is 26.2 Å². The van der Waals surface area contributed by atoms with Crippen LogP contribution in [0.15, 0.2) is 0 Å². The summed E-state index contributed by atoms with van der Waals surface area (Å²) < 4.78 is 10.1. The van der Waals surface area contributed by atoms with Crippen molar-refractivity contribution >= 4 is 12.0 Å². The van der Waals surface area contributed by atoms with Crippen LogP contribution < -0.4 is 10.6 Å². The Morgan fingerprint density at radius 1 is 1.20 bits per heavy atom. The van der Waals surface area contributed by atoms with Gasteiger partial charge in [0.1, 0.15) is 6.04 Å². The first-order chi connectivity index (χ1) is 9.42. The maximum absolute atomic E-state index is 11.7. The molecule has 0 fully saturated rings. The summed E-state index contributed by atoms with van der Waals surface area (Å²) >= 11 is 0. The molecule has 0 aromatic rings. The summed E-state index contributed by atoms with van der Waals surface area (Å²) in [5.74, 6) is -0.393. The van der Waals surface area contributed by atoms with Crippen LogP contribution in [-0.2, 0) is 14.3 Å². The number of carbonyl (C=O) groups excluding carboxylic acids is 2. The molecule has 0 bridgehead atoms. The highest BCUT2D eigenvalue weighted by Gasteiger charge is 2.26. The number of amides is 2. The Balaban J connectivity index is 4.04. The van der Waals surface area contributed by atoms with Crippen LogP contribution in [0.25, 0.3) is 0 Å². The van der Waals surface area contributed by atoms with Crippen LogP contribution in [0.4, 0.5) is 4.79 Å². The van der Waals surface area contributed by atoms with E-state index in [1.807, 2.05) is 27.7 Å². The van der Waals surface area contributed by atoms with Crippen molar-refractivity contribution in [2.24, 2.45) is 5.92 Å². The zero-order chi connectivity index (χ0) is 15.5. The second kappa shape index (κ2) is 10.5. The van der Waals surface area contributed by atoms with E-state index in [9.17, 15) is 9.59 Å². The molecule has 0 saturated heterocycles. The molecule has 0 rings (SSSR count). The van der Waals surface area contributed by atoms with Gasteiger partial charge in [-0.3, -0.25) is 0 Å². The Labute approximate surface area is 121 Å². The number of nitrogens with one attached hydrogen (secondary N) is 2. The summed E-state index contributed by atoms with van der Waals surface area (Å²) in [5, 5.41) is 5.36. The van der Waals surface area contributed by atoms with Gasteiger partial charge in [0.2, 0.25) is 0 Å². The monoisotopic (exact) mass is 288 g/mol. The zero-order valence-corrected chi connectivity index (χ0v) is 13.2. The van der Waals surface area contributed by atoms with Gasteiger partial charge in [0.15, 0.2) is 0 Å². The molecule has 20 heavy (non-hydrogen) atoms. The summed E-state index contributed by atoms with van der Waals surface area (Å²) in [6.07, 6.45) is 1.71. The molecule has 118 valence electrons. The van der Waals surface area contributed by atoms with Crippen LogP contribution in [0.2, 0.25) is 0 Å². The Morgan fingerprint density at radius 3 is 2.35 bits per heavy atom. The predicted octanol–water partition coefficient (Wildman–Crippen LogP) is 1.69. The molecule has 0 heterocycles. The van der Waals surface area contributed by atoms with E-state index in [4.69, 9.17) is 9.47 Å². The van der Waals surface area contributed by atoms with E-state index in [-0.39, 0.29) is 18.1 Å². The minimum Gasteiger partial charge on any atom is -0.467 e. The number of carbonyl (C=O) groups is 2. The molecule has 0 spiro atoms. The first kappa shape index (κ1) is 18.7. The first-order valence-corrected chi connectivity index (χ1v) is 7.16. The number of hydrogen-bond donors (Lipinski definition) is 2. The van der Waals surface area contributed by atoms with Crippen molar-refractivity contribution in [3.05, 3.63) is 0 Å². The normalized spacial score (nSPS) is 13.7. The molecule has 6 heteroatoms. The minimum atomic E-state index is -0.614. The van der Waals surface area contributed by atoms with Gasteiger partial charge < -0.3 is 20.1 Å². The Hall–Kier alpha value is -1.30. The third kappa shape index (κ3) is 7.99. The quantitative estimate of drug-likeness (QED) is 0.500. The van der Waals surface area contributed by atoms with Crippen molar-refractivity contribution in [1.29, 1.82) is 0 Å². The topological polar surface area (TPSA) is 76.7 Å². The van der Waals surface area contributed by atoms with Gasteiger partial charge in [-0.1, -0.05) is 20.3 Å². The van der Waals surface area contributed by atoms with Gasteiger partial charge in [0.25, 0.3) is 0 Å². The van der Waals surface area contributed by atoms with E-state index in [1.165, 1.54) is 7.11 Å². The maximum atomic E-state index is 11.7. The SMILES string of the molecule is CC[C@@H](C)[C@H](NC(=O)NCCCOC(C)C)C(=O)OC. The van der Waals surface area contributed by atoms with E-state index in [0.29, 0.717) is 13.2 Å². The second-order valence-electron chi connectivity index (χ2n) is 5.06. The molecule has 0 aromatic heterocycles. The predicted molar refractivity (Wildman–Crippen MR) is 77.5 cm³/mol. The number of methoxy groups -OCH3 is 1. The van der Waals surface area contributed by atoms with Crippen molar-refractivity contribution in [2.75, 3.05) is 20.3 Å². The third-order valence-corrected chi connectivity index (χ3v) is 3.01. The number of rotatable bonds is 9. The first-order valence-electron chi connectivity index (χ1n) is 7.16. The molecular formula is C14H28N2O4. The smallest absolute Gasteiger partial charge is 0.328 e. The highest BCUT2D eigenvalue weighted by atomic mass is 16.5. The van der Waals surface area contributed by atoms with E-state index < -0.39 is 12.0 Å². The average Bonchev–Trinajstić information content (AvgIpc) is 2.42. The van der Waals surface area contributed by atoms with Crippen molar-refractivity contribution in [1.82, 2.24) is 10.6 Å². The fourth-order valence-electron chi connectivity index (χ4n) is 1.58.